The molecule has 0 spiro atoms. The van der Waals surface area contributed by atoms with Crippen molar-refractivity contribution < 1.29 is 14.3 Å². The van der Waals surface area contributed by atoms with Crippen LogP contribution in [0, 0.1) is 13.8 Å². The molecule has 1 N–H and O–H groups in total. The van der Waals surface area contributed by atoms with Crippen molar-refractivity contribution in [2.45, 2.75) is 32.3 Å². The highest BCUT2D eigenvalue weighted by Crippen LogP contribution is 2.29. The average Bonchev–Trinajstić information content (AvgIpc) is 2.79. The minimum Gasteiger partial charge on any atom is -0.490 e. The van der Waals surface area contributed by atoms with Crippen LogP contribution in [0.5, 0.6) is 11.5 Å². The molecule has 0 atom stereocenters. The average molecular weight is 437 g/mol. The van der Waals surface area contributed by atoms with E-state index in [4.69, 9.17) is 9.47 Å². The Bertz CT molecular complexity index is 1010. The molecule has 0 saturated heterocycles. The third kappa shape index (κ3) is 6.76. The second-order valence-electron chi connectivity index (χ2n) is 7.09. The van der Waals surface area contributed by atoms with Gasteiger partial charge in [-0.2, -0.15) is 0 Å². The highest BCUT2D eigenvalue weighted by molar-refractivity contribution is 7.99. The van der Waals surface area contributed by atoms with Crippen LogP contribution in [0.15, 0.2) is 65.8 Å². The number of thioether (sulfide) groups is 1. The number of rotatable bonds is 10. The standard InChI is InChI=1S/C25H28N2O3S/c1-4-29-24-15-21(8-10-23(24)30-17-20-6-5-11-26-16-20)25(28)27-12-13-31-22-9-7-18(2)19(3)14-22/h5-11,14-16H,4,12-13,17H2,1-3H3,(H,27,28). The molecular formula is C25H28N2O3S. The van der Waals surface area contributed by atoms with Crippen LogP contribution in [-0.2, 0) is 6.61 Å². The molecule has 0 saturated carbocycles. The molecule has 0 radical (unpaired) electrons. The van der Waals surface area contributed by atoms with E-state index < -0.39 is 0 Å². The lowest BCUT2D eigenvalue weighted by molar-refractivity contribution is 0.0955. The highest BCUT2D eigenvalue weighted by atomic mass is 32.2. The molecule has 6 heteroatoms. The molecular weight excluding hydrogens is 408 g/mol. The molecule has 31 heavy (non-hydrogen) atoms. The van der Waals surface area contributed by atoms with Crippen molar-refractivity contribution in [3.63, 3.8) is 0 Å². The number of hydrogen-bond acceptors (Lipinski definition) is 5. The summed E-state index contributed by atoms with van der Waals surface area (Å²) in [7, 11) is 0. The first-order chi connectivity index (χ1) is 15.1. The molecule has 0 fully saturated rings. The number of nitrogens with zero attached hydrogens (tertiary/aromatic N) is 1. The maximum Gasteiger partial charge on any atom is 0.251 e. The molecule has 0 aliphatic heterocycles. The maximum atomic E-state index is 12.6. The van der Waals surface area contributed by atoms with Crippen LogP contribution in [0.1, 0.15) is 34.0 Å². The Kier molecular flexibility index (Phi) is 8.35. The van der Waals surface area contributed by atoms with Crippen molar-refractivity contribution in [3.05, 3.63) is 83.2 Å². The number of aryl methyl sites for hydroxylation is 2. The number of carbonyl (C=O) groups is 1. The predicted molar refractivity (Wildman–Crippen MR) is 125 cm³/mol. The van der Waals surface area contributed by atoms with Gasteiger partial charge in [-0.15, -0.1) is 11.8 Å². The van der Waals surface area contributed by atoms with Crippen molar-refractivity contribution >= 4 is 17.7 Å². The molecule has 3 aromatic rings. The molecule has 0 aliphatic rings. The van der Waals surface area contributed by atoms with Gasteiger partial charge in [-0.3, -0.25) is 9.78 Å². The van der Waals surface area contributed by atoms with E-state index >= 15 is 0 Å². The van der Waals surface area contributed by atoms with E-state index in [9.17, 15) is 4.79 Å². The Labute approximate surface area is 188 Å². The smallest absolute Gasteiger partial charge is 0.251 e. The van der Waals surface area contributed by atoms with Crippen molar-refractivity contribution in [1.82, 2.24) is 10.3 Å². The summed E-state index contributed by atoms with van der Waals surface area (Å²) in [6.07, 6.45) is 3.49. The van der Waals surface area contributed by atoms with Crippen molar-refractivity contribution in [2.24, 2.45) is 0 Å². The summed E-state index contributed by atoms with van der Waals surface area (Å²) in [5, 5.41) is 2.98. The molecule has 2 aromatic carbocycles. The van der Waals surface area contributed by atoms with Gasteiger partial charge in [0.1, 0.15) is 6.61 Å². The molecule has 1 heterocycles. The first-order valence-corrected chi connectivity index (χ1v) is 11.3. The van der Waals surface area contributed by atoms with Gasteiger partial charge in [0.2, 0.25) is 0 Å². The van der Waals surface area contributed by atoms with Crippen LogP contribution < -0.4 is 14.8 Å². The summed E-state index contributed by atoms with van der Waals surface area (Å²) in [5.41, 5.74) is 4.08. The summed E-state index contributed by atoms with van der Waals surface area (Å²) >= 11 is 1.73. The molecule has 0 unspecified atom stereocenters. The lowest BCUT2D eigenvalue weighted by Crippen LogP contribution is -2.25. The van der Waals surface area contributed by atoms with Crippen LogP contribution >= 0.6 is 11.8 Å². The third-order valence-electron chi connectivity index (χ3n) is 4.76. The maximum absolute atomic E-state index is 12.6. The molecule has 162 valence electrons. The van der Waals surface area contributed by atoms with E-state index in [2.05, 4.69) is 42.3 Å². The van der Waals surface area contributed by atoms with Gasteiger partial charge in [-0.1, -0.05) is 12.1 Å². The minimum atomic E-state index is -0.125. The summed E-state index contributed by atoms with van der Waals surface area (Å²) < 4.78 is 11.6. The SMILES string of the molecule is CCOc1cc(C(=O)NCCSc2ccc(C)c(C)c2)ccc1OCc1cccnc1. The third-order valence-corrected chi connectivity index (χ3v) is 5.75. The van der Waals surface area contributed by atoms with Crippen molar-refractivity contribution in [2.75, 3.05) is 18.9 Å². The van der Waals surface area contributed by atoms with Crippen LogP contribution in [0.2, 0.25) is 0 Å². The molecule has 1 amide bonds. The largest absolute Gasteiger partial charge is 0.490 e. The number of pyridine rings is 1. The summed E-state index contributed by atoms with van der Waals surface area (Å²) in [6.45, 7) is 7.58. The van der Waals surface area contributed by atoms with Gasteiger partial charge in [-0.05, 0) is 68.3 Å². The number of benzene rings is 2. The Balaban J connectivity index is 1.54. The zero-order chi connectivity index (χ0) is 22.1. The molecule has 5 nitrogen and oxygen atoms in total. The Morgan fingerprint density at radius 2 is 1.90 bits per heavy atom. The minimum absolute atomic E-state index is 0.125. The van der Waals surface area contributed by atoms with E-state index in [1.165, 1.54) is 16.0 Å². The highest BCUT2D eigenvalue weighted by Gasteiger charge is 2.12. The van der Waals surface area contributed by atoms with Crippen molar-refractivity contribution in [3.8, 4) is 11.5 Å². The van der Waals surface area contributed by atoms with Gasteiger partial charge in [0.15, 0.2) is 11.5 Å². The first-order valence-electron chi connectivity index (χ1n) is 10.3. The van der Waals surface area contributed by atoms with E-state index in [-0.39, 0.29) is 5.91 Å². The number of carbonyl (C=O) groups excluding carboxylic acids is 1. The molecule has 0 bridgehead atoms. The number of aromatic nitrogens is 1. The number of amides is 1. The van der Waals surface area contributed by atoms with Crippen LogP contribution in [0.25, 0.3) is 0 Å². The number of hydrogen-bond donors (Lipinski definition) is 1. The van der Waals surface area contributed by atoms with Gasteiger partial charge in [0, 0.05) is 40.7 Å². The fraction of sp³-hybridized carbons (Fsp3) is 0.280. The first kappa shape index (κ1) is 22.7. The summed E-state index contributed by atoms with van der Waals surface area (Å²) in [5.74, 6) is 1.84. The Morgan fingerprint density at radius 1 is 1.03 bits per heavy atom. The molecule has 1 aromatic heterocycles. The van der Waals surface area contributed by atoms with Crippen LogP contribution in [0.3, 0.4) is 0 Å². The predicted octanol–water partition coefficient (Wildman–Crippen LogP) is 5.20. The van der Waals surface area contributed by atoms with Crippen LogP contribution in [-0.4, -0.2) is 29.8 Å². The number of nitrogens with one attached hydrogen (secondary N) is 1. The normalized spacial score (nSPS) is 10.5. The fourth-order valence-electron chi connectivity index (χ4n) is 2.92. The lowest BCUT2D eigenvalue weighted by atomic mass is 10.1. The van der Waals surface area contributed by atoms with Gasteiger partial charge < -0.3 is 14.8 Å². The second kappa shape index (κ2) is 11.4. The number of ether oxygens (including phenoxy) is 2. The quantitative estimate of drug-likeness (QED) is 0.350. The second-order valence-corrected chi connectivity index (χ2v) is 8.26. The van der Waals surface area contributed by atoms with Crippen LogP contribution in [0.4, 0.5) is 0 Å². The van der Waals surface area contributed by atoms with Gasteiger partial charge in [-0.25, -0.2) is 0 Å². The van der Waals surface area contributed by atoms with Crippen molar-refractivity contribution in [1.29, 1.82) is 0 Å². The van der Waals surface area contributed by atoms with E-state index in [1.54, 1.807) is 42.4 Å². The van der Waals surface area contributed by atoms with Gasteiger partial charge >= 0.3 is 0 Å². The zero-order valence-corrected chi connectivity index (χ0v) is 19.0. The summed E-state index contributed by atoms with van der Waals surface area (Å²) in [4.78, 5) is 17.9. The molecule has 3 rings (SSSR count). The summed E-state index contributed by atoms with van der Waals surface area (Å²) in [6, 6.07) is 15.5. The fourth-order valence-corrected chi connectivity index (χ4v) is 3.78. The molecule has 0 aliphatic carbocycles. The Morgan fingerprint density at radius 3 is 2.65 bits per heavy atom. The van der Waals surface area contributed by atoms with Gasteiger partial charge in [0.05, 0.1) is 6.61 Å². The monoisotopic (exact) mass is 436 g/mol. The zero-order valence-electron chi connectivity index (χ0n) is 18.2. The van der Waals surface area contributed by atoms with E-state index in [0.29, 0.717) is 36.8 Å². The van der Waals surface area contributed by atoms with E-state index in [1.807, 2.05) is 19.1 Å². The lowest BCUT2D eigenvalue weighted by Gasteiger charge is -2.13. The Hall–Kier alpha value is -2.99. The van der Waals surface area contributed by atoms with Gasteiger partial charge in [0.25, 0.3) is 5.91 Å². The topological polar surface area (TPSA) is 60.5 Å². The van der Waals surface area contributed by atoms with E-state index in [0.717, 1.165) is 11.3 Å².